The SMILES string of the molecule is Cc1cc(C)c(C2=c3ccc([nH]3)=C(c3c(NC(=O)[C@H]4CC4(C)C)cccc3NC(=O)[C@@H]3CC3(C)C)c3ccc([nH]3)C(c3c(C)cc(C)cc3C)=c3ccc([nH]3)=C(c3c(NC(=O)[C@H]4CC4(C)C)cccc3NC(=O)[C@@H]3CC3(C)C)c3ccc2[nH]3)c(C)c1. The van der Waals surface area contributed by atoms with Crippen molar-refractivity contribution in [2.75, 3.05) is 21.3 Å². The number of rotatable bonds is 12. The average Bonchev–Trinajstić information content (AvgIpc) is 1.60. The molecule has 4 aromatic heterocycles. The predicted molar refractivity (Wildman–Crippen MR) is 344 cm³/mol. The van der Waals surface area contributed by atoms with Crippen LogP contribution >= 0.6 is 0 Å². The third-order valence-electron chi connectivity index (χ3n) is 19.7. The zero-order chi connectivity index (χ0) is 60.8. The van der Waals surface area contributed by atoms with E-state index in [4.69, 9.17) is 0 Å². The number of amides is 4. The number of anilines is 4. The van der Waals surface area contributed by atoms with Crippen LogP contribution in [0.25, 0.3) is 22.3 Å². The number of carbonyl (C=O) groups is 4. The Bertz CT molecular complexity index is 4070. The largest absolute Gasteiger partial charge is 0.354 e. The van der Waals surface area contributed by atoms with Crippen LogP contribution in [0, 0.1) is 86.9 Å². The zero-order valence-corrected chi connectivity index (χ0v) is 52.2. The number of aryl methyl sites for hydroxylation is 6. The van der Waals surface area contributed by atoms with Crippen LogP contribution in [0.1, 0.15) is 159 Å². The Morgan fingerprint density at radius 1 is 0.337 bits per heavy atom. The first-order valence-corrected chi connectivity index (χ1v) is 30.6. The van der Waals surface area contributed by atoms with Crippen molar-refractivity contribution in [3.05, 3.63) is 209 Å². The monoisotopic (exact) mass is 1140 g/mol. The van der Waals surface area contributed by atoms with Crippen LogP contribution in [0.2, 0.25) is 0 Å². The van der Waals surface area contributed by atoms with Gasteiger partial charge in [-0.1, -0.05) is 103 Å². The number of fused-ring (bicyclic) bond motifs is 8. The Labute approximate surface area is 503 Å². The molecule has 0 spiro atoms. The van der Waals surface area contributed by atoms with E-state index < -0.39 is 0 Å². The predicted octanol–water partition coefficient (Wildman–Crippen LogP) is 12.1. The van der Waals surface area contributed by atoms with E-state index in [-0.39, 0.29) is 69.0 Å². The standard InChI is InChI=1S/C74H80N8O4/c1-37-29-39(3)59(40(4)30-37)61-51-21-25-55(75-51)65(63-47(79-67(83)43-33-71(43,7)8)17-15-18-48(63)80-68(84)44-34-72(44,9)10)57-27-23-53(77-57)62(60-41(5)31-38(2)32-42(60)6)54-24-28-58(78-54)66(56-26-22-52(61)76-56)64-49(81-69(85)45-35-73(45,11)12)19-16-20-50(64)82-70(86)46-36-74(46,13)14/h15-32,43-46,75-78H,33-36H2,1-14H3,(H,79,83)(H,80,84)(H,81,85)(H,82,86)/t43-,44+,45-,46+. The molecule has 5 heterocycles. The molecular formula is C74H80N8O4. The number of aromatic amines is 4. The van der Waals surface area contributed by atoms with Gasteiger partial charge in [0.2, 0.25) is 23.6 Å². The summed E-state index contributed by atoms with van der Waals surface area (Å²) in [6.07, 6.45) is 3.13. The normalized spacial score (nSPS) is 20.7. The summed E-state index contributed by atoms with van der Waals surface area (Å²) in [4.78, 5) is 73.6. The molecule has 5 aliphatic rings. The molecule has 4 saturated carbocycles. The van der Waals surface area contributed by atoms with Gasteiger partial charge >= 0.3 is 0 Å². The molecule has 13 rings (SSSR count). The van der Waals surface area contributed by atoms with E-state index in [2.05, 4.69) is 211 Å². The zero-order valence-electron chi connectivity index (χ0n) is 52.2. The lowest BCUT2D eigenvalue weighted by Gasteiger charge is -2.20. The Morgan fingerprint density at radius 3 is 0.779 bits per heavy atom. The Morgan fingerprint density at radius 2 is 0.558 bits per heavy atom. The number of nitrogens with one attached hydrogen (secondary N) is 8. The van der Waals surface area contributed by atoms with Crippen molar-refractivity contribution in [2.24, 2.45) is 45.3 Å². The molecule has 4 atom stereocenters. The van der Waals surface area contributed by atoms with Crippen molar-refractivity contribution in [2.45, 2.75) is 123 Å². The molecule has 0 saturated heterocycles. The highest BCUT2D eigenvalue weighted by molar-refractivity contribution is 6.07. The molecule has 12 heteroatoms. The molecule has 86 heavy (non-hydrogen) atoms. The van der Waals surface area contributed by atoms with Crippen molar-refractivity contribution >= 4 is 68.7 Å². The van der Waals surface area contributed by atoms with E-state index in [0.717, 1.165) is 137 Å². The van der Waals surface area contributed by atoms with Gasteiger partial charge in [0, 0.05) is 101 Å². The fraction of sp³-hybridized carbons (Fsp3) is 0.351. The smallest absolute Gasteiger partial charge is 0.228 e. The molecule has 4 fully saturated rings. The van der Waals surface area contributed by atoms with Crippen molar-refractivity contribution in [1.29, 1.82) is 0 Å². The highest BCUT2D eigenvalue weighted by Crippen LogP contribution is 2.55. The summed E-state index contributed by atoms with van der Waals surface area (Å²) in [7, 11) is 0. The second-order valence-corrected chi connectivity index (χ2v) is 28.6. The van der Waals surface area contributed by atoms with Gasteiger partial charge in [-0.2, -0.15) is 0 Å². The van der Waals surface area contributed by atoms with E-state index >= 15 is 0 Å². The molecule has 8 bridgehead atoms. The molecule has 440 valence electrons. The van der Waals surface area contributed by atoms with Crippen molar-refractivity contribution in [1.82, 2.24) is 19.9 Å². The molecule has 4 amide bonds. The van der Waals surface area contributed by atoms with Crippen LogP contribution in [0.15, 0.2) is 109 Å². The van der Waals surface area contributed by atoms with Crippen LogP contribution in [-0.4, -0.2) is 43.6 Å². The number of carbonyl (C=O) groups excluding carboxylic acids is 4. The molecule has 8 N–H and O–H groups in total. The van der Waals surface area contributed by atoms with Crippen molar-refractivity contribution < 1.29 is 19.2 Å². The summed E-state index contributed by atoms with van der Waals surface area (Å²) < 4.78 is 0. The third-order valence-corrected chi connectivity index (χ3v) is 19.7. The van der Waals surface area contributed by atoms with Crippen LogP contribution in [0.5, 0.6) is 0 Å². The van der Waals surface area contributed by atoms with Gasteiger partial charge < -0.3 is 41.2 Å². The first-order valence-electron chi connectivity index (χ1n) is 30.6. The molecule has 0 radical (unpaired) electrons. The maximum Gasteiger partial charge on any atom is 0.228 e. The highest BCUT2D eigenvalue weighted by atomic mass is 16.2. The number of benzene rings is 4. The van der Waals surface area contributed by atoms with Crippen molar-refractivity contribution in [3.8, 4) is 0 Å². The molecule has 12 nitrogen and oxygen atoms in total. The van der Waals surface area contributed by atoms with Gasteiger partial charge in [0.05, 0.1) is 22.7 Å². The minimum absolute atomic E-state index is 0.0578. The third kappa shape index (κ3) is 10.1. The molecule has 8 aromatic rings. The van der Waals surface area contributed by atoms with Crippen LogP contribution in [0.3, 0.4) is 0 Å². The van der Waals surface area contributed by atoms with Gasteiger partial charge in [0.25, 0.3) is 0 Å². The van der Waals surface area contributed by atoms with Gasteiger partial charge in [0.15, 0.2) is 0 Å². The van der Waals surface area contributed by atoms with Crippen molar-refractivity contribution in [3.63, 3.8) is 0 Å². The topological polar surface area (TPSA) is 180 Å². The molecule has 4 aromatic carbocycles. The first-order chi connectivity index (χ1) is 40.7. The Balaban J connectivity index is 1.14. The molecule has 1 aliphatic heterocycles. The Hall–Kier alpha value is -8.64. The van der Waals surface area contributed by atoms with Crippen LogP contribution in [0.4, 0.5) is 22.7 Å². The quantitative estimate of drug-likeness (QED) is 0.0607. The summed E-state index contributed by atoms with van der Waals surface area (Å²) >= 11 is 0. The second kappa shape index (κ2) is 20.0. The van der Waals surface area contributed by atoms with Crippen LogP contribution < -0.4 is 42.7 Å². The Kier molecular flexibility index (Phi) is 13.1. The van der Waals surface area contributed by atoms with Gasteiger partial charge in [-0.3, -0.25) is 19.2 Å². The summed E-state index contributed by atoms with van der Waals surface area (Å²) in [6.45, 7) is 29.9. The highest BCUT2D eigenvalue weighted by Gasteiger charge is 2.53. The fourth-order valence-electron chi connectivity index (χ4n) is 14.2. The fourth-order valence-corrected chi connectivity index (χ4v) is 14.2. The van der Waals surface area contributed by atoms with Gasteiger partial charge in [-0.05, 0) is 195 Å². The lowest BCUT2D eigenvalue weighted by Crippen LogP contribution is -2.23. The summed E-state index contributed by atoms with van der Waals surface area (Å²) in [5.74, 6) is -0.878. The minimum Gasteiger partial charge on any atom is -0.354 e. The van der Waals surface area contributed by atoms with Gasteiger partial charge in [-0.15, -0.1) is 0 Å². The number of hydrogen-bond acceptors (Lipinski definition) is 4. The van der Waals surface area contributed by atoms with Gasteiger partial charge in [0.1, 0.15) is 0 Å². The maximum atomic E-state index is 14.4. The van der Waals surface area contributed by atoms with Crippen LogP contribution in [-0.2, 0) is 19.2 Å². The van der Waals surface area contributed by atoms with E-state index in [1.54, 1.807) is 0 Å². The summed E-state index contributed by atoms with van der Waals surface area (Å²) in [5, 5.41) is 16.7. The molecule has 0 unspecified atom stereocenters. The van der Waals surface area contributed by atoms with E-state index in [1.165, 1.54) is 0 Å². The van der Waals surface area contributed by atoms with E-state index in [9.17, 15) is 19.2 Å². The molecule has 4 aliphatic carbocycles. The van der Waals surface area contributed by atoms with E-state index in [0.29, 0.717) is 33.9 Å². The lowest BCUT2D eigenvalue weighted by atomic mass is 9.92. The second-order valence-electron chi connectivity index (χ2n) is 28.6. The summed E-state index contributed by atoms with van der Waals surface area (Å²) in [5.41, 5.74) is 18.5. The maximum absolute atomic E-state index is 14.4. The summed E-state index contributed by atoms with van der Waals surface area (Å²) in [6, 6.07) is 37.4. The lowest BCUT2D eigenvalue weighted by molar-refractivity contribution is -0.118. The van der Waals surface area contributed by atoms with Gasteiger partial charge in [-0.25, -0.2) is 0 Å². The number of hydrogen-bond donors (Lipinski definition) is 8. The number of H-pyrrole nitrogens is 4. The molecular weight excluding hydrogens is 1060 g/mol. The first kappa shape index (κ1) is 56.5. The average molecular weight is 1150 g/mol. The number of aromatic nitrogens is 4. The minimum atomic E-state index is -0.162. The van der Waals surface area contributed by atoms with E-state index in [1.807, 2.05) is 36.4 Å².